The number of benzene rings is 1. The highest BCUT2D eigenvalue weighted by atomic mass is 16.5. The maximum absolute atomic E-state index is 11.1. The number of rotatable bonds is 4. The first kappa shape index (κ1) is 20.6. The third-order valence-electron chi connectivity index (χ3n) is 6.07. The van der Waals surface area contributed by atoms with Crippen molar-refractivity contribution < 1.29 is 9.53 Å². The number of urea groups is 1. The van der Waals surface area contributed by atoms with Gasteiger partial charge in [0, 0.05) is 35.9 Å². The van der Waals surface area contributed by atoms with Gasteiger partial charge >= 0.3 is 6.03 Å². The number of carbonyl (C=O) groups is 1. The normalized spacial score (nSPS) is 21.9. The first-order chi connectivity index (χ1) is 14.5. The monoisotopic (exact) mass is 410 g/mol. The molecule has 3 N–H and O–H groups in total. The summed E-state index contributed by atoms with van der Waals surface area (Å²) in [5.41, 5.74) is 9.15. The number of ether oxygens (including phenoxy) is 1. The summed E-state index contributed by atoms with van der Waals surface area (Å²) in [6.07, 6.45) is 0.953. The van der Waals surface area contributed by atoms with Crippen LogP contribution in [-0.2, 0) is 11.2 Å². The molecule has 4 rings (SSSR count). The number of hydrogen-bond donors (Lipinski definition) is 2. The van der Waals surface area contributed by atoms with Gasteiger partial charge in [-0.15, -0.1) is 0 Å². The van der Waals surface area contributed by atoms with Gasteiger partial charge in [-0.3, -0.25) is 4.90 Å². The zero-order chi connectivity index (χ0) is 21.3. The van der Waals surface area contributed by atoms with Gasteiger partial charge in [0.1, 0.15) is 5.82 Å². The van der Waals surface area contributed by atoms with Crippen molar-refractivity contribution in [3.8, 4) is 11.4 Å². The second-order valence-corrected chi connectivity index (χ2v) is 7.97. The van der Waals surface area contributed by atoms with Gasteiger partial charge < -0.3 is 20.7 Å². The van der Waals surface area contributed by atoms with E-state index in [1.807, 2.05) is 24.3 Å². The lowest BCUT2D eigenvalue weighted by Crippen LogP contribution is -2.45. The van der Waals surface area contributed by atoms with Crippen LogP contribution in [0.4, 0.5) is 16.3 Å². The molecule has 2 aliphatic heterocycles. The molecule has 2 amide bonds. The molecule has 2 aromatic rings. The molecule has 1 fully saturated rings. The van der Waals surface area contributed by atoms with Crippen LogP contribution in [0.1, 0.15) is 38.1 Å². The molecule has 160 valence electrons. The third-order valence-corrected chi connectivity index (χ3v) is 6.07. The Morgan fingerprint density at radius 2 is 2.00 bits per heavy atom. The minimum atomic E-state index is -0.579. The van der Waals surface area contributed by atoms with E-state index in [1.165, 1.54) is 5.56 Å². The third kappa shape index (κ3) is 3.97. The Morgan fingerprint density at radius 1 is 1.23 bits per heavy atom. The predicted molar refractivity (Wildman–Crippen MR) is 118 cm³/mol. The highest BCUT2D eigenvalue weighted by Gasteiger charge is 2.31. The van der Waals surface area contributed by atoms with Gasteiger partial charge in [0.05, 0.1) is 24.9 Å². The first-order valence-corrected chi connectivity index (χ1v) is 10.6. The van der Waals surface area contributed by atoms with Crippen molar-refractivity contribution in [2.24, 2.45) is 5.73 Å². The lowest BCUT2D eigenvalue weighted by Gasteiger charge is -2.39. The van der Waals surface area contributed by atoms with Crippen LogP contribution in [-0.4, -0.2) is 59.8 Å². The molecule has 8 heteroatoms. The molecule has 2 aliphatic rings. The minimum Gasteiger partial charge on any atom is -0.377 e. The second kappa shape index (κ2) is 8.57. The molecule has 1 aromatic heterocycles. The summed E-state index contributed by atoms with van der Waals surface area (Å²) in [7, 11) is 0. The van der Waals surface area contributed by atoms with Crippen LogP contribution >= 0.6 is 0 Å². The van der Waals surface area contributed by atoms with Crippen molar-refractivity contribution in [1.82, 2.24) is 14.9 Å². The Bertz CT molecular complexity index is 917. The van der Waals surface area contributed by atoms with E-state index in [9.17, 15) is 4.79 Å². The van der Waals surface area contributed by atoms with Gasteiger partial charge in [-0.05, 0) is 51.1 Å². The average Bonchev–Trinajstić information content (AvgIpc) is 2.74. The van der Waals surface area contributed by atoms with E-state index < -0.39 is 6.03 Å². The van der Waals surface area contributed by atoms with Crippen LogP contribution in [0.2, 0.25) is 0 Å². The molecule has 0 saturated carbocycles. The molecule has 3 heterocycles. The van der Waals surface area contributed by atoms with Crippen molar-refractivity contribution in [2.45, 2.75) is 39.3 Å². The van der Waals surface area contributed by atoms with Crippen molar-refractivity contribution in [3.05, 3.63) is 35.5 Å². The number of anilines is 2. The number of hydrogen-bond acceptors (Lipinski definition) is 6. The number of primary amides is 1. The Kier molecular flexibility index (Phi) is 5.87. The summed E-state index contributed by atoms with van der Waals surface area (Å²) in [5.74, 6) is 1.74. The number of nitrogens with two attached hydrogens (primary N) is 1. The molecule has 0 spiro atoms. The van der Waals surface area contributed by atoms with Gasteiger partial charge in [0.15, 0.2) is 5.82 Å². The number of nitrogens with zero attached hydrogens (tertiary/aromatic N) is 4. The smallest absolute Gasteiger partial charge is 0.316 e. The number of amides is 2. The van der Waals surface area contributed by atoms with Gasteiger partial charge in [-0.2, -0.15) is 0 Å². The second-order valence-electron chi connectivity index (χ2n) is 7.97. The van der Waals surface area contributed by atoms with E-state index in [1.54, 1.807) is 0 Å². The molecule has 0 bridgehead atoms. The van der Waals surface area contributed by atoms with Crippen LogP contribution in [0.15, 0.2) is 24.3 Å². The van der Waals surface area contributed by atoms with Crippen LogP contribution in [0.25, 0.3) is 11.4 Å². The summed E-state index contributed by atoms with van der Waals surface area (Å²) < 4.78 is 5.65. The number of fused-ring (bicyclic) bond motifs is 1. The van der Waals surface area contributed by atoms with Crippen molar-refractivity contribution >= 4 is 17.5 Å². The molecule has 0 radical (unpaired) electrons. The molecule has 8 nitrogen and oxygen atoms in total. The lowest BCUT2D eigenvalue weighted by atomic mass is 9.97. The van der Waals surface area contributed by atoms with E-state index in [0.717, 1.165) is 43.1 Å². The minimum absolute atomic E-state index is 0.242. The zero-order valence-electron chi connectivity index (χ0n) is 17.9. The molecule has 1 saturated heterocycles. The highest BCUT2D eigenvalue weighted by Crippen LogP contribution is 2.36. The Labute approximate surface area is 177 Å². The number of likely N-dealkylation sites (N-methyl/N-ethyl adjacent to an activating group) is 1. The number of nitrogens with one attached hydrogen (secondary N) is 1. The Balaban J connectivity index is 1.78. The van der Waals surface area contributed by atoms with Crippen LogP contribution < -0.4 is 16.0 Å². The molecule has 1 unspecified atom stereocenters. The fourth-order valence-electron chi connectivity index (χ4n) is 4.38. The van der Waals surface area contributed by atoms with E-state index >= 15 is 0 Å². The molecule has 0 aliphatic carbocycles. The van der Waals surface area contributed by atoms with Gasteiger partial charge in [-0.1, -0.05) is 6.92 Å². The summed E-state index contributed by atoms with van der Waals surface area (Å²) in [6.45, 7) is 10.9. The molecule has 1 aromatic carbocycles. The molecular weight excluding hydrogens is 380 g/mol. The van der Waals surface area contributed by atoms with Crippen molar-refractivity contribution in [3.63, 3.8) is 0 Å². The fraction of sp³-hybridized carbons (Fsp3) is 0.500. The van der Waals surface area contributed by atoms with E-state index in [0.29, 0.717) is 24.7 Å². The van der Waals surface area contributed by atoms with Gasteiger partial charge in [0.2, 0.25) is 0 Å². The Hall–Kier alpha value is -2.71. The summed E-state index contributed by atoms with van der Waals surface area (Å²) in [6, 6.07) is 7.42. The fourth-order valence-corrected chi connectivity index (χ4v) is 4.38. The number of carbonyl (C=O) groups excluding carboxylic acids is 1. The van der Waals surface area contributed by atoms with Crippen molar-refractivity contribution in [1.29, 1.82) is 0 Å². The SMILES string of the molecule is CCN1CCc2c(nc(-c3ccc(NC(N)=O)cc3)nc2N2CCOC[C@@H]2C)C1C. The van der Waals surface area contributed by atoms with Gasteiger partial charge in [-0.25, -0.2) is 14.8 Å². The van der Waals surface area contributed by atoms with E-state index in [4.69, 9.17) is 20.4 Å². The van der Waals surface area contributed by atoms with E-state index in [-0.39, 0.29) is 12.1 Å². The lowest BCUT2D eigenvalue weighted by molar-refractivity contribution is 0.0982. The van der Waals surface area contributed by atoms with E-state index in [2.05, 4.69) is 35.9 Å². The zero-order valence-corrected chi connectivity index (χ0v) is 17.9. The van der Waals surface area contributed by atoms with Gasteiger partial charge in [0.25, 0.3) is 0 Å². The highest BCUT2D eigenvalue weighted by molar-refractivity contribution is 5.88. The van der Waals surface area contributed by atoms with Crippen molar-refractivity contribution in [2.75, 3.05) is 43.1 Å². The van der Waals surface area contributed by atoms with Crippen LogP contribution in [0.5, 0.6) is 0 Å². The largest absolute Gasteiger partial charge is 0.377 e. The number of aromatic nitrogens is 2. The predicted octanol–water partition coefficient (Wildman–Crippen LogP) is 2.80. The maximum Gasteiger partial charge on any atom is 0.316 e. The Morgan fingerprint density at radius 3 is 2.67 bits per heavy atom. The summed E-state index contributed by atoms with van der Waals surface area (Å²) >= 11 is 0. The summed E-state index contributed by atoms with van der Waals surface area (Å²) in [4.78, 5) is 26.0. The molecule has 30 heavy (non-hydrogen) atoms. The maximum atomic E-state index is 11.1. The topological polar surface area (TPSA) is 96.6 Å². The quantitative estimate of drug-likeness (QED) is 0.805. The summed E-state index contributed by atoms with van der Waals surface area (Å²) in [5, 5.41) is 2.59. The molecule has 2 atom stereocenters. The number of morpholine rings is 1. The standard InChI is InChI=1S/C22H30N6O2/c1-4-27-10-9-18-19(15(27)3)25-20(16-5-7-17(8-6-16)24-22(23)29)26-21(18)28-11-12-30-13-14(28)2/h5-8,14-15H,4,9-13H2,1-3H3,(H3,23,24,29)/t14-,15?/m0/s1. The molecular formula is C22H30N6O2. The van der Waals surface area contributed by atoms with Crippen LogP contribution in [0, 0.1) is 0 Å². The first-order valence-electron chi connectivity index (χ1n) is 10.6. The van der Waals surface area contributed by atoms with Crippen LogP contribution in [0.3, 0.4) is 0 Å². The average molecular weight is 411 g/mol.